The minimum atomic E-state index is -1.03. The summed E-state index contributed by atoms with van der Waals surface area (Å²) < 4.78 is 0.882. The lowest BCUT2D eigenvalue weighted by atomic mass is 9.89. The number of nitrogens with one attached hydrogen (secondary N) is 2. The van der Waals surface area contributed by atoms with Crippen molar-refractivity contribution >= 4 is 33.5 Å². The van der Waals surface area contributed by atoms with Crippen molar-refractivity contribution in [1.29, 1.82) is 0 Å². The van der Waals surface area contributed by atoms with Crippen LogP contribution in [0.15, 0.2) is 71.2 Å². The Kier molecular flexibility index (Phi) is 6.49. The fraction of sp³-hybridized carbons (Fsp3) is 0.200. The third-order valence-corrected chi connectivity index (χ3v) is 6.13. The molecule has 0 aliphatic carbocycles. The monoisotopic (exact) mass is 478 g/mol. The SMILES string of the molecule is O=C(O)c1cc(NC(=O)c2ccc(Br)cc2)cc(-c2ccc(C3CCNCC3)cc2)c1. The lowest BCUT2D eigenvalue weighted by Gasteiger charge is -2.23. The zero-order chi connectivity index (χ0) is 21.8. The molecule has 1 heterocycles. The van der Waals surface area contributed by atoms with Crippen LogP contribution in [-0.4, -0.2) is 30.1 Å². The molecule has 0 aromatic heterocycles. The van der Waals surface area contributed by atoms with E-state index in [1.165, 1.54) is 11.6 Å². The Labute approximate surface area is 189 Å². The van der Waals surface area contributed by atoms with E-state index >= 15 is 0 Å². The van der Waals surface area contributed by atoms with Gasteiger partial charge in [0.2, 0.25) is 0 Å². The van der Waals surface area contributed by atoms with Crippen molar-refractivity contribution in [1.82, 2.24) is 5.32 Å². The van der Waals surface area contributed by atoms with Crippen LogP contribution in [0.2, 0.25) is 0 Å². The van der Waals surface area contributed by atoms with Crippen molar-refractivity contribution in [2.24, 2.45) is 0 Å². The zero-order valence-corrected chi connectivity index (χ0v) is 18.5. The average Bonchev–Trinajstić information content (AvgIpc) is 2.80. The topological polar surface area (TPSA) is 78.4 Å². The van der Waals surface area contributed by atoms with Gasteiger partial charge in [0.15, 0.2) is 0 Å². The van der Waals surface area contributed by atoms with Gasteiger partial charge in [-0.15, -0.1) is 0 Å². The van der Waals surface area contributed by atoms with Crippen LogP contribution in [-0.2, 0) is 0 Å². The van der Waals surface area contributed by atoms with Crippen molar-refractivity contribution < 1.29 is 14.7 Å². The molecule has 1 saturated heterocycles. The van der Waals surface area contributed by atoms with Crippen molar-refractivity contribution in [3.63, 3.8) is 0 Å². The largest absolute Gasteiger partial charge is 0.478 e. The van der Waals surface area contributed by atoms with Gasteiger partial charge in [-0.1, -0.05) is 40.2 Å². The second-order valence-electron chi connectivity index (χ2n) is 7.71. The van der Waals surface area contributed by atoms with E-state index in [4.69, 9.17) is 0 Å². The lowest BCUT2D eigenvalue weighted by Crippen LogP contribution is -2.26. The number of carboxylic acid groups (broad SMARTS) is 1. The van der Waals surface area contributed by atoms with Crippen LogP contribution < -0.4 is 10.6 Å². The van der Waals surface area contributed by atoms with Crippen molar-refractivity contribution in [3.8, 4) is 11.1 Å². The first-order chi connectivity index (χ1) is 15.0. The van der Waals surface area contributed by atoms with Gasteiger partial charge in [0.25, 0.3) is 5.91 Å². The van der Waals surface area contributed by atoms with Gasteiger partial charge in [0.1, 0.15) is 0 Å². The Morgan fingerprint density at radius 2 is 1.55 bits per heavy atom. The highest BCUT2D eigenvalue weighted by Gasteiger charge is 2.16. The van der Waals surface area contributed by atoms with Crippen LogP contribution in [0.4, 0.5) is 5.69 Å². The molecule has 5 nitrogen and oxygen atoms in total. The van der Waals surface area contributed by atoms with Crippen molar-refractivity contribution in [2.75, 3.05) is 18.4 Å². The molecule has 1 aliphatic heterocycles. The van der Waals surface area contributed by atoms with Crippen LogP contribution in [0.5, 0.6) is 0 Å². The standard InChI is InChI=1S/C25H23BrN2O3/c26-22-7-5-19(6-8-22)24(29)28-23-14-20(13-21(15-23)25(30)31)17-3-1-16(2-4-17)18-9-11-27-12-10-18/h1-8,13-15,18,27H,9-12H2,(H,28,29)(H,30,31). The Hall–Kier alpha value is -2.96. The van der Waals surface area contributed by atoms with Crippen molar-refractivity contribution in [3.05, 3.63) is 87.9 Å². The fourth-order valence-electron chi connectivity index (χ4n) is 3.90. The first kappa shape index (κ1) is 21.3. The van der Waals surface area contributed by atoms with E-state index in [1.807, 2.05) is 18.2 Å². The van der Waals surface area contributed by atoms with Gasteiger partial charge < -0.3 is 15.7 Å². The molecule has 4 rings (SSSR count). The summed E-state index contributed by atoms with van der Waals surface area (Å²) in [6, 6.07) is 20.2. The molecule has 3 aromatic rings. The normalized spacial score (nSPS) is 14.2. The van der Waals surface area contributed by atoms with E-state index in [0.717, 1.165) is 41.5 Å². The third kappa shape index (κ3) is 5.21. The fourth-order valence-corrected chi connectivity index (χ4v) is 4.16. The van der Waals surface area contributed by atoms with E-state index in [-0.39, 0.29) is 11.5 Å². The second-order valence-corrected chi connectivity index (χ2v) is 8.63. The summed E-state index contributed by atoms with van der Waals surface area (Å²) in [4.78, 5) is 24.3. The molecule has 1 aliphatic rings. The molecule has 6 heteroatoms. The number of anilines is 1. The molecule has 0 bridgehead atoms. The maximum absolute atomic E-state index is 12.6. The molecule has 1 amide bonds. The summed E-state index contributed by atoms with van der Waals surface area (Å²) >= 11 is 3.35. The number of hydrogen-bond acceptors (Lipinski definition) is 3. The number of hydrogen-bond donors (Lipinski definition) is 3. The van der Waals surface area contributed by atoms with Crippen LogP contribution in [0.3, 0.4) is 0 Å². The van der Waals surface area contributed by atoms with Crippen LogP contribution in [0.25, 0.3) is 11.1 Å². The highest BCUT2D eigenvalue weighted by Crippen LogP contribution is 2.30. The van der Waals surface area contributed by atoms with E-state index in [9.17, 15) is 14.7 Å². The summed E-state index contributed by atoms with van der Waals surface area (Å²) in [5.74, 6) is -0.768. The van der Waals surface area contributed by atoms with Gasteiger partial charge >= 0.3 is 5.97 Å². The lowest BCUT2D eigenvalue weighted by molar-refractivity contribution is 0.0696. The molecule has 3 aromatic carbocycles. The highest BCUT2D eigenvalue weighted by atomic mass is 79.9. The summed E-state index contributed by atoms with van der Waals surface area (Å²) in [6.45, 7) is 2.07. The molecule has 1 fully saturated rings. The predicted molar refractivity (Wildman–Crippen MR) is 126 cm³/mol. The molecule has 0 spiro atoms. The van der Waals surface area contributed by atoms with Crippen LogP contribution in [0.1, 0.15) is 45.0 Å². The summed E-state index contributed by atoms with van der Waals surface area (Å²) in [5.41, 5.74) is 4.05. The van der Waals surface area contributed by atoms with Gasteiger partial charge in [-0.25, -0.2) is 4.79 Å². The molecule has 0 atom stereocenters. The van der Waals surface area contributed by atoms with Gasteiger partial charge in [0, 0.05) is 15.7 Å². The van der Waals surface area contributed by atoms with Gasteiger partial charge in [0.05, 0.1) is 5.56 Å². The number of piperidine rings is 1. The predicted octanol–water partition coefficient (Wildman–Crippen LogP) is 5.53. The summed E-state index contributed by atoms with van der Waals surface area (Å²) in [6.07, 6.45) is 2.25. The molecule has 0 radical (unpaired) electrons. The molecule has 158 valence electrons. The van der Waals surface area contributed by atoms with E-state index in [2.05, 4.69) is 38.7 Å². The quantitative estimate of drug-likeness (QED) is 0.450. The summed E-state index contributed by atoms with van der Waals surface area (Å²) in [7, 11) is 0. The van der Waals surface area contributed by atoms with Crippen molar-refractivity contribution in [2.45, 2.75) is 18.8 Å². The Bertz CT molecular complexity index is 1090. The van der Waals surface area contributed by atoms with Crippen LogP contribution >= 0.6 is 15.9 Å². The number of carboxylic acids is 1. The third-order valence-electron chi connectivity index (χ3n) is 5.60. The average molecular weight is 479 g/mol. The van der Waals surface area contributed by atoms with E-state index < -0.39 is 5.97 Å². The van der Waals surface area contributed by atoms with E-state index in [1.54, 1.807) is 30.3 Å². The molecular formula is C25H23BrN2O3. The summed E-state index contributed by atoms with van der Waals surface area (Å²) in [5, 5.41) is 15.8. The smallest absolute Gasteiger partial charge is 0.335 e. The first-order valence-electron chi connectivity index (χ1n) is 10.3. The van der Waals surface area contributed by atoms with Gasteiger partial charge in [-0.05, 0) is 91.0 Å². The van der Waals surface area contributed by atoms with Crippen LogP contribution in [0, 0.1) is 0 Å². The second kappa shape index (κ2) is 9.45. The number of amides is 1. The molecule has 0 unspecified atom stereocenters. The molecule has 3 N–H and O–H groups in total. The zero-order valence-electron chi connectivity index (χ0n) is 16.9. The maximum Gasteiger partial charge on any atom is 0.335 e. The number of carbonyl (C=O) groups is 2. The number of halogens is 1. The molecular weight excluding hydrogens is 456 g/mol. The Balaban J connectivity index is 1.60. The molecule has 31 heavy (non-hydrogen) atoms. The molecule has 0 saturated carbocycles. The minimum absolute atomic E-state index is 0.131. The Morgan fingerprint density at radius 1 is 0.871 bits per heavy atom. The highest BCUT2D eigenvalue weighted by molar-refractivity contribution is 9.10. The number of aromatic carboxylic acids is 1. The number of carbonyl (C=O) groups excluding carboxylic acids is 1. The first-order valence-corrected chi connectivity index (χ1v) is 11.1. The Morgan fingerprint density at radius 3 is 2.19 bits per heavy atom. The van der Waals surface area contributed by atoms with Gasteiger partial charge in [-0.3, -0.25) is 4.79 Å². The number of benzene rings is 3. The number of rotatable bonds is 5. The van der Waals surface area contributed by atoms with Gasteiger partial charge in [-0.2, -0.15) is 0 Å². The maximum atomic E-state index is 12.6. The van der Waals surface area contributed by atoms with E-state index in [0.29, 0.717) is 17.2 Å². The minimum Gasteiger partial charge on any atom is -0.478 e.